The summed E-state index contributed by atoms with van der Waals surface area (Å²) in [6, 6.07) is 20.7. The molecule has 0 bridgehead atoms. The minimum Gasteiger partial charge on any atom is -0.508 e. The average molecular weight is 844 g/mol. The molecule has 3 aliphatic heterocycles. The molecule has 0 unspecified atom stereocenters. The number of hydrogen-bond acceptors (Lipinski definition) is 10. The minimum absolute atomic E-state index is 0.0359. The molecular formula is C49H53N3O10. The number of fused-ring (bicyclic) bond motifs is 6. The van der Waals surface area contributed by atoms with Crippen molar-refractivity contribution in [3.63, 3.8) is 0 Å². The van der Waals surface area contributed by atoms with Gasteiger partial charge in [-0.05, 0) is 92.3 Å². The predicted octanol–water partition coefficient (Wildman–Crippen LogP) is 9.15. The number of allylic oxidation sites excluding steroid dienone is 4. The SMILES string of the molecule is C=C(/C=C\C)/C=C/C(=O)NCCCCC1CCN(C(=O)c2cccc(OCCOC(=O)Nc3ccc4c(c3)C(=O)OC43c4ccc(O)cc4Oc4cc(O)ccc43)c2)CC1.CC. The monoisotopic (exact) mass is 843 g/mol. The number of amides is 3. The van der Waals surface area contributed by atoms with Crippen molar-refractivity contribution in [3.8, 4) is 28.7 Å². The largest absolute Gasteiger partial charge is 0.508 e. The van der Waals surface area contributed by atoms with Crippen LogP contribution in [0.5, 0.6) is 28.7 Å². The van der Waals surface area contributed by atoms with Crippen molar-refractivity contribution in [2.24, 2.45) is 5.92 Å². The Morgan fingerprint density at radius 3 is 2.26 bits per heavy atom. The summed E-state index contributed by atoms with van der Waals surface area (Å²) >= 11 is 0. The van der Waals surface area contributed by atoms with Crippen LogP contribution in [0.3, 0.4) is 0 Å². The van der Waals surface area contributed by atoms with E-state index in [9.17, 15) is 29.4 Å². The molecule has 0 radical (unpaired) electrons. The highest BCUT2D eigenvalue weighted by molar-refractivity contribution is 5.99. The summed E-state index contributed by atoms with van der Waals surface area (Å²) in [6.45, 7) is 11.7. The molecule has 1 spiro atoms. The summed E-state index contributed by atoms with van der Waals surface area (Å²) in [4.78, 5) is 53.3. The van der Waals surface area contributed by atoms with Gasteiger partial charge in [-0.1, -0.05) is 63.6 Å². The first-order valence-corrected chi connectivity index (χ1v) is 21.0. The van der Waals surface area contributed by atoms with Crippen LogP contribution in [0.4, 0.5) is 10.5 Å². The fourth-order valence-corrected chi connectivity index (χ4v) is 7.84. The lowest BCUT2D eigenvalue weighted by Crippen LogP contribution is -2.38. The summed E-state index contributed by atoms with van der Waals surface area (Å²) in [5, 5.41) is 25.9. The first kappa shape index (κ1) is 44.5. The number of nitrogens with zero attached hydrogens (tertiary/aromatic N) is 1. The third-order valence-corrected chi connectivity index (χ3v) is 10.8. The topological polar surface area (TPSA) is 173 Å². The maximum atomic E-state index is 13.4. The number of phenols is 2. The standard InChI is InChI=1S/C47H47N3O10.C2H6/c1-3-7-30(2)11-18-43(53)48-21-5-4-8-31-19-22-50(23-20-31)44(54)32-9-6-10-36(26-32)57-24-25-58-46(56)49-33-12-15-38-37(27-33)45(55)60-47(38)39-16-13-34(51)28-41(39)59-42-29-35(52)14-17-40(42)47;1-2/h3,6-7,9-18,26-29,31,51-52H,2,4-5,8,19-25H2,1H3,(H,48,53)(H,49,56);1-2H3/b7-3-,18-11+;. The normalized spacial score (nSPS) is 14.8. The van der Waals surface area contributed by atoms with Gasteiger partial charge in [0.15, 0.2) is 5.60 Å². The summed E-state index contributed by atoms with van der Waals surface area (Å²) in [5.74, 6) is 0.612. The van der Waals surface area contributed by atoms with Crippen LogP contribution >= 0.6 is 0 Å². The Balaban J connectivity index is 0.00000316. The van der Waals surface area contributed by atoms with Crippen LogP contribution in [0.2, 0.25) is 0 Å². The molecule has 4 aromatic carbocycles. The van der Waals surface area contributed by atoms with Crippen molar-refractivity contribution in [2.75, 3.05) is 38.2 Å². The molecule has 0 aromatic heterocycles. The van der Waals surface area contributed by atoms with Gasteiger partial charge in [-0.2, -0.15) is 0 Å². The highest BCUT2D eigenvalue weighted by atomic mass is 16.6. The average Bonchev–Trinajstić information content (AvgIpc) is 3.55. The Labute approximate surface area is 361 Å². The van der Waals surface area contributed by atoms with Crippen molar-refractivity contribution in [1.82, 2.24) is 10.2 Å². The molecule has 13 nitrogen and oxygen atoms in total. The molecule has 324 valence electrons. The maximum Gasteiger partial charge on any atom is 0.411 e. The predicted molar refractivity (Wildman–Crippen MR) is 235 cm³/mol. The summed E-state index contributed by atoms with van der Waals surface area (Å²) in [7, 11) is 0. The molecule has 0 saturated carbocycles. The van der Waals surface area contributed by atoms with Crippen molar-refractivity contribution in [3.05, 3.63) is 143 Å². The van der Waals surface area contributed by atoms with Gasteiger partial charge in [-0.15, -0.1) is 0 Å². The van der Waals surface area contributed by atoms with E-state index in [0.29, 0.717) is 59.2 Å². The van der Waals surface area contributed by atoms with Gasteiger partial charge in [0.2, 0.25) is 5.91 Å². The number of esters is 1. The molecule has 1 fully saturated rings. The smallest absolute Gasteiger partial charge is 0.411 e. The minimum atomic E-state index is -1.42. The number of anilines is 1. The number of piperidine rings is 1. The molecule has 0 atom stereocenters. The number of carbonyl (C=O) groups excluding carboxylic acids is 4. The molecule has 4 N–H and O–H groups in total. The van der Waals surface area contributed by atoms with Crippen molar-refractivity contribution >= 4 is 29.6 Å². The number of phenolic OH excluding ortho intramolecular Hbond substituents is 2. The van der Waals surface area contributed by atoms with Gasteiger partial charge in [-0.3, -0.25) is 14.9 Å². The second-order valence-corrected chi connectivity index (χ2v) is 14.9. The molecule has 0 aliphatic carbocycles. The molecule has 13 heteroatoms. The molecule has 7 rings (SSSR count). The quantitative estimate of drug-likeness (QED) is 0.0415. The maximum absolute atomic E-state index is 13.4. The van der Waals surface area contributed by atoms with Crippen molar-refractivity contribution in [1.29, 1.82) is 0 Å². The van der Waals surface area contributed by atoms with Crippen molar-refractivity contribution in [2.45, 2.75) is 58.5 Å². The lowest BCUT2D eigenvalue weighted by atomic mass is 9.77. The van der Waals surface area contributed by atoms with Crippen LogP contribution in [-0.2, 0) is 19.9 Å². The molecule has 3 heterocycles. The highest BCUT2D eigenvalue weighted by Crippen LogP contribution is 2.57. The van der Waals surface area contributed by atoms with Crippen molar-refractivity contribution < 1.29 is 48.3 Å². The van der Waals surface area contributed by atoms with E-state index in [0.717, 1.165) is 37.7 Å². The summed E-state index contributed by atoms with van der Waals surface area (Å²) in [6.07, 6.45) is 11.0. The number of carbonyl (C=O) groups is 4. The Bertz CT molecular complexity index is 2310. The number of ether oxygens (including phenoxy) is 4. The molecule has 3 aliphatic rings. The van der Waals surface area contributed by atoms with E-state index in [4.69, 9.17) is 18.9 Å². The van der Waals surface area contributed by atoms with Gasteiger partial charge < -0.3 is 39.4 Å². The fraction of sp³-hybridized carbons (Fsp3) is 0.306. The lowest BCUT2D eigenvalue weighted by Gasteiger charge is -2.36. The number of aromatic hydroxyl groups is 2. The van der Waals surface area contributed by atoms with E-state index in [1.807, 2.05) is 37.8 Å². The van der Waals surface area contributed by atoms with Crippen LogP contribution in [0.1, 0.15) is 90.3 Å². The molecule has 1 saturated heterocycles. The number of likely N-dealkylation sites (tertiary alicyclic amines) is 1. The van der Waals surface area contributed by atoms with E-state index >= 15 is 0 Å². The van der Waals surface area contributed by atoms with Gasteiger partial charge in [0.05, 0.1) is 5.56 Å². The molecule has 4 aromatic rings. The number of unbranched alkanes of at least 4 members (excludes halogenated alkanes) is 1. The number of nitrogens with one attached hydrogen (secondary N) is 2. The summed E-state index contributed by atoms with van der Waals surface area (Å²) < 4.78 is 23.2. The third-order valence-electron chi connectivity index (χ3n) is 10.8. The number of benzene rings is 4. The molecule has 62 heavy (non-hydrogen) atoms. The van der Waals surface area contributed by atoms with Crippen LogP contribution < -0.4 is 20.1 Å². The van der Waals surface area contributed by atoms with E-state index in [1.54, 1.807) is 54.6 Å². The Morgan fingerprint density at radius 2 is 1.56 bits per heavy atom. The molecule has 3 amide bonds. The van der Waals surface area contributed by atoms with E-state index in [-0.39, 0.29) is 53.6 Å². The first-order valence-electron chi connectivity index (χ1n) is 21.0. The van der Waals surface area contributed by atoms with E-state index < -0.39 is 17.7 Å². The van der Waals surface area contributed by atoms with Gasteiger partial charge in [0.1, 0.15) is 42.0 Å². The number of rotatable bonds is 14. The zero-order chi connectivity index (χ0) is 44.2. The Morgan fingerprint density at radius 1 is 0.871 bits per heavy atom. The zero-order valence-corrected chi connectivity index (χ0v) is 35.3. The highest BCUT2D eigenvalue weighted by Gasteiger charge is 2.53. The lowest BCUT2D eigenvalue weighted by molar-refractivity contribution is -0.116. The third kappa shape index (κ3) is 10.3. The summed E-state index contributed by atoms with van der Waals surface area (Å²) in [5.41, 5.74) is 1.85. The Kier molecular flexibility index (Phi) is 14.7. The van der Waals surface area contributed by atoms with Gasteiger partial charge in [0, 0.05) is 65.8 Å². The molecular weight excluding hydrogens is 791 g/mol. The van der Waals surface area contributed by atoms with Crippen LogP contribution in [0.25, 0.3) is 0 Å². The first-order chi connectivity index (χ1) is 30.0. The van der Waals surface area contributed by atoms with E-state index in [2.05, 4.69) is 17.2 Å². The Hall–Kier alpha value is -7.02. The zero-order valence-electron chi connectivity index (χ0n) is 35.3. The van der Waals surface area contributed by atoms with Gasteiger partial charge >= 0.3 is 12.1 Å². The second kappa shape index (κ2) is 20.5. The second-order valence-electron chi connectivity index (χ2n) is 14.9. The fourth-order valence-electron chi connectivity index (χ4n) is 7.84. The van der Waals surface area contributed by atoms with Crippen LogP contribution in [-0.4, -0.2) is 71.8 Å². The van der Waals surface area contributed by atoms with E-state index in [1.165, 1.54) is 36.4 Å². The number of hydrogen-bond donors (Lipinski definition) is 4. The van der Waals surface area contributed by atoms with Gasteiger partial charge in [0.25, 0.3) is 5.91 Å². The van der Waals surface area contributed by atoms with Gasteiger partial charge in [-0.25, -0.2) is 9.59 Å². The van der Waals surface area contributed by atoms with Crippen LogP contribution in [0.15, 0.2) is 115 Å². The van der Waals surface area contributed by atoms with Crippen LogP contribution in [0, 0.1) is 5.92 Å².